The van der Waals surface area contributed by atoms with Crippen LogP contribution in [-0.2, 0) is 9.59 Å². The number of benzene rings is 1. The lowest BCUT2D eigenvalue weighted by Gasteiger charge is -2.02. The summed E-state index contributed by atoms with van der Waals surface area (Å²) in [7, 11) is 0. The van der Waals surface area contributed by atoms with Gasteiger partial charge >= 0.3 is 11.8 Å². The molecule has 0 saturated carbocycles. The minimum Gasteiger partial charge on any atom is -0.361 e. The molecule has 0 aliphatic rings. The van der Waals surface area contributed by atoms with Crippen molar-refractivity contribution in [3.8, 4) is 0 Å². The number of carbonyl (C=O) groups is 2. The van der Waals surface area contributed by atoms with Crippen LogP contribution in [0.15, 0.2) is 24.3 Å². The Morgan fingerprint density at radius 1 is 1.29 bits per heavy atom. The number of halogens is 2. The third-order valence-corrected chi connectivity index (χ3v) is 1.35. The first-order valence-corrected chi connectivity index (χ1v) is 3.46. The number of nitrogens with two attached hydrogens (primary N) is 1. The van der Waals surface area contributed by atoms with E-state index in [2.05, 4.69) is 5.73 Å². The summed E-state index contributed by atoms with van der Waals surface area (Å²) in [6.45, 7) is 0. The molecule has 6 heteroatoms. The van der Waals surface area contributed by atoms with Crippen LogP contribution in [0, 0.1) is 5.82 Å². The molecule has 0 saturated heterocycles. The van der Waals surface area contributed by atoms with Crippen LogP contribution in [0.1, 0.15) is 0 Å². The van der Waals surface area contributed by atoms with Crippen molar-refractivity contribution in [3.05, 3.63) is 30.1 Å². The normalized spacial score (nSPS) is 8.64. The van der Waals surface area contributed by atoms with E-state index in [-0.39, 0.29) is 18.1 Å². The molecule has 1 aromatic rings. The van der Waals surface area contributed by atoms with E-state index in [9.17, 15) is 14.0 Å². The second-order valence-electron chi connectivity index (χ2n) is 2.30. The number of carbonyl (C=O) groups excluding carboxylic acids is 2. The van der Waals surface area contributed by atoms with Gasteiger partial charge in [0.1, 0.15) is 5.82 Å². The van der Waals surface area contributed by atoms with Gasteiger partial charge < -0.3 is 11.1 Å². The number of hydrogen-bond acceptors (Lipinski definition) is 2. The fourth-order valence-corrected chi connectivity index (χ4v) is 0.746. The van der Waals surface area contributed by atoms with Crippen molar-refractivity contribution < 1.29 is 14.0 Å². The molecular weight excluding hydrogens is 211 g/mol. The number of anilines is 1. The SMILES string of the molecule is Cl.NC(=O)C(=O)Nc1ccccc1F. The molecular formula is C8H8ClFN2O2. The molecule has 4 nitrogen and oxygen atoms in total. The monoisotopic (exact) mass is 218 g/mol. The average molecular weight is 219 g/mol. The summed E-state index contributed by atoms with van der Waals surface area (Å²) in [5.74, 6) is -2.80. The third-order valence-electron chi connectivity index (χ3n) is 1.35. The van der Waals surface area contributed by atoms with E-state index in [0.717, 1.165) is 6.07 Å². The first-order valence-electron chi connectivity index (χ1n) is 3.46. The third kappa shape index (κ3) is 3.02. The summed E-state index contributed by atoms with van der Waals surface area (Å²) in [6.07, 6.45) is 0. The largest absolute Gasteiger partial charge is 0.361 e. The molecule has 1 rings (SSSR count). The van der Waals surface area contributed by atoms with Gasteiger partial charge in [0.05, 0.1) is 5.69 Å². The molecule has 0 aromatic heterocycles. The first-order chi connectivity index (χ1) is 6.11. The number of para-hydroxylation sites is 1. The highest BCUT2D eigenvalue weighted by Crippen LogP contribution is 2.11. The van der Waals surface area contributed by atoms with Gasteiger partial charge in [-0.05, 0) is 12.1 Å². The lowest BCUT2D eigenvalue weighted by molar-refractivity contribution is -0.134. The van der Waals surface area contributed by atoms with Gasteiger partial charge in [-0.1, -0.05) is 12.1 Å². The summed E-state index contributed by atoms with van der Waals surface area (Å²) >= 11 is 0. The molecule has 0 atom stereocenters. The van der Waals surface area contributed by atoms with Crippen LogP contribution < -0.4 is 11.1 Å². The fourth-order valence-electron chi connectivity index (χ4n) is 0.746. The van der Waals surface area contributed by atoms with Crippen LogP contribution in [0.5, 0.6) is 0 Å². The number of amides is 2. The average Bonchev–Trinajstić information content (AvgIpc) is 2.08. The highest BCUT2D eigenvalue weighted by molar-refractivity contribution is 6.39. The van der Waals surface area contributed by atoms with Crippen LogP contribution >= 0.6 is 12.4 Å². The van der Waals surface area contributed by atoms with E-state index >= 15 is 0 Å². The molecule has 0 spiro atoms. The van der Waals surface area contributed by atoms with Crippen molar-refractivity contribution in [2.24, 2.45) is 5.73 Å². The van der Waals surface area contributed by atoms with E-state index in [0.29, 0.717) is 0 Å². The Balaban J connectivity index is 0.00000169. The van der Waals surface area contributed by atoms with Crippen molar-refractivity contribution in [1.82, 2.24) is 0 Å². The minimum atomic E-state index is -1.15. The van der Waals surface area contributed by atoms with Crippen molar-refractivity contribution in [2.75, 3.05) is 5.32 Å². The summed E-state index contributed by atoms with van der Waals surface area (Å²) < 4.78 is 12.8. The summed E-state index contributed by atoms with van der Waals surface area (Å²) in [5, 5.41) is 2.02. The molecule has 76 valence electrons. The number of hydrogen-bond donors (Lipinski definition) is 2. The van der Waals surface area contributed by atoms with Gasteiger partial charge in [0, 0.05) is 0 Å². The molecule has 0 fully saturated rings. The summed E-state index contributed by atoms with van der Waals surface area (Å²) in [4.78, 5) is 21.0. The summed E-state index contributed by atoms with van der Waals surface area (Å²) in [6, 6.07) is 5.49. The van der Waals surface area contributed by atoms with Gasteiger partial charge in [-0.2, -0.15) is 0 Å². The second kappa shape index (κ2) is 5.18. The summed E-state index contributed by atoms with van der Waals surface area (Å²) in [5.41, 5.74) is 4.60. The van der Waals surface area contributed by atoms with Crippen molar-refractivity contribution >= 4 is 29.9 Å². The Morgan fingerprint density at radius 3 is 2.36 bits per heavy atom. The molecule has 14 heavy (non-hydrogen) atoms. The van der Waals surface area contributed by atoms with Gasteiger partial charge in [0.2, 0.25) is 0 Å². The fraction of sp³-hybridized carbons (Fsp3) is 0. The van der Waals surface area contributed by atoms with Crippen LogP contribution in [0.4, 0.5) is 10.1 Å². The first kappa shape index (κ1) is 12.4. The van der Waals surface area contributed by atoms with Gasteiger partial charge in [-0.15, -0.1) is 12.4 Å². The maximum atomic E-state index is 12.8. The molecule has 3 N–H and O–H groups in total. The van der Waals surface area contributed by atoms with Crippen LogP contribution in [0.25, 0.3) is 0 Å². The predicted octanol–water partition coefficient (Wildman–Crippen LogP) is 0.671. The van der Waals surface area contributed by atoms with Crippen LogP contribution in [-0.4, -0.2) is 11.8 Å². The quantitative estimate of drug-likeness (QED) is 0.680. The van der Waals surface area contributed by atoms with Gasteiger partial charge in [-0.25, -0.2) is 4.39 Å². The molecule has 0 heterocycles. The lowest BCUT2D eigenvalue weighted by Crippen LogP contribution is -2.29. The zero-order valence-corrected chi connectivity index (χ0v) is 7.81. The highest BCUT2D eigenvalue weighted by atomic mass is 35.5. The Kier molecular flexibility index (Phi) is 4.58. The molecule has 0 aliphatic heterocycles. The smallest absolute Gasteiger partial charge is 0.313 e. The minimum absolute atomic E-state index is 0. The van der Waals surface area contributed by atoms with E-state index in [1.807, 2.05) is 5.32 Å². The van der Waals surface area contributed by atoms with E-state index in [4.69, 9.17) is 0 Å². The zero-order chi connectivity index (χ0) is 9.84. The standard InChI is InChI=1S/C8H7FN2O2.ClH/c9-5-3-1-2-4-6(5)11-8(13)7(10)12;/h1-4H,(H2,10,12)(H,11,13);1H. The maximum Gasteiger partial charge on any atom is 0.313 e. The van der Waals surface area contributed by atoms with Gasteiger partial charge in [0.25, 0.3) is 0 Å². The van der Waals surface area contributed by atoms with Gasteiger partial charge in [0.15, 0.2) is 0 Å². The number of primary amides is 1. The molecule has 2 amide bonds. The van der Waals surface area contributed by atoms with Gasteiger partial charge in [-0.3, -0.25) is 9.59 Å². The van der Waals surface area contributed by atoms with Crippen LogP contribution in [0.3, 0.4) is 0 Å². The maximum absolute atomic E-state index is 12.8. The van der Waals surface area contributed by atoms with E-state index in [1.54, 1.807) is 0 Å². The van der Waals surface area contributed by atoms with Crippen molar-refractivity contribution in [3.63, 3.8) is 0 Å². The van der Waals surface area contributed by atoms with E-state index < -0.39 is 17.6 Å². The molecule has 0 bridgehead atoms. The van der Waals surface area contributed by atoms with Crippen LogP contribution in [0.2, 0.25) is 0 Å². The number of rotatable bonds is 1. The Labute approximate surface area is 85.7 Å². The molecule has 0 radical (unpaired) electrons. The lowest BCUT2D eigenvalue weighted by atomic mass is 10.3. The van der Waals surface area contributed by atoms with Crippen molar-refractivity contribution in [2.45, 2.75) is 0 Å². The molecule has 0 unspecified atom stereocenters. The Hall–Kier alpha value is -1.62. The topological polar surface area (TPSA) is 72.2 Å². The Morgan fingerprint density at radius 2 is 1.86 bits per heavy atom. The van der Waals surface area contributed by atoms with E-state index in [1.165, 1.54) is 18.2 Å². The predicted molar refractivity (Wildman–Crippen MR) is 51.5 cm³/mol. The highest BCUT2D eigenvalue weighted by Gasteiger charge is 2.10. The molecule has 0 aliphatic carbocycles. The van der Waals surface area contributed by atoms with Crippen molar-refractivity contribution in [1.29, 1.82) is 0 Å². The molecule has 1 aromatic carbocycles. The second-order valence-corrected chi connectivity index (χ2v) is 2.30. The zero-order valence-electron chi connectivity index (χ0n) is 6.99. The number of nitrogens with one attached hydrogen (secondary N) is 1. The Bertz CT molecular complexity index is 357.